The summed E-state index contributed by atoms with van der Waals surface area (Å²) >= 11 is 5.85. The van der Waals surface area contributed by atoms with Crippen LogP contribution in [0.4, 0.5) is 0 Å². The number of nitrogens with one attached hydrogen (secondary N) is 1. The molecule has 0 aliphatic heterocycles. The quantitative estimate of drug-likeness (QED) is 0.389. The van der Waals surface area contributed by atoms with Crippen LogP contribution in [0.3, 0.4) is 0 Å². The van der Waals surface area contributed by atoms with E-state index in [1.54, 1.807) is 18.3 Å². The molecule has 0 aliphatic carbocycles. The molecule has 5 nitrogen and oxygen atoms in total. The van der Waals surface area contributed by atoms with Crippen molar-refractivity contribution >= 4 is 23.7 Å². The van der Waals surface area contributed by atoms with Gasteiger partial charge >= 0.3 is 0 Å². The first kappa shape index (κ1) is 21.4. The summed E-state index contributed by atoms with van der Waals surface area (Å²) in [6, 6.07) is 22.6. The summed E-state index contributed by atoms with van der Waals surface area (Å²) in [7, 11) is 0. The Bertz CT molecular complexity index is 989. The second-order valence-electron chi connectivity index (χ2n) is 6.51. The molecule has 0 aromatic heterocycles. The van der Waals surface area contributed by atoms with Crippen LogP contribution in [0.25, 0.3) is 0 Å². The van der Waals surface area contributed by atoms with Crippen molar-refractivity contribution in [2.24, 2.45) is 5.10 Å². The number of hydrazone groups is 1. The maximum Gasteiger partial charge on any atom is 0.244 e. The smallest absolute Gasteiger partial charge is 0.244 e. The van der Waals surface area contributed by atoms with Gasteiger partial charge < -0.3 is 9.47 Å². The number of carbonyl (C=O) groups is 1. The van der Waals surface area contributed by atoms with Crippen molar-refractivity contribution in [3.8, 4) is 11.5 Å². The molecule has 0 aliphatic rings. The highest BCUT2D eigenvalue weighted by molar-refractivity contribution is 6.30. The SMILES string of the molecule is CCOc1cc(/C=N\NC(=O)Cc2ccc(Cl)cc2)ccc1OCc1ccccc1. The number of hydrogen-bond acceptors (Lipinski definition) is 4. The number of hydrogen-bond donors (Lipinski definition) is 1. The highest BCUT2D eigenvalue weighted by Gasteiger charge is 2.07. The molecule has 30 heavy (non-hydrogen) atoms. The maximum absolute atomic E-state index is 12.0. The molecule has 0 spiro atoms. The molecule has 3 aromatic carbocycles. The molecule has 0 fully saturated rings. The molecular formula is C24H23ClN2O3. The van der Waals surface area contributed by atoms with E-state index in [1.165, 1.54) is 0 Å². The third-order valence-corrected chi connectivity index (χ3v) is 4.44. The monoisotopic (exact) mass is 422 g/mol. The predicted octanol–water partition coefficient (Wildman–Crippen LogP) is 5.01. The van der Waals surface area contributed by atoms with Crippen LogP contribution in [-0.4, -0.2) is 18.7 Å². The van der Waals surface area contributed by atoms with E-state index < -0.39 is 0 Å². The van der Waals surface area contributed by atoms with Crippen molar-refractivity contribution in [1.82, 2.24) is 5.43 Å². The zero-order chi connectivity index (χ0) is 21.2. The summed E-state index contributed by atoms with van der Waals surface area (Å²) < 4.78 is 11.6. The van der Waals surface area contributed by atoms with E-state index in [9.17, 15) is 4.79 Å². The third-order valence-electron chi connectivity index (χ3n) is 4.19. The van der Waals surface area contributed by atoms with Crippen LogP contribution < -0.4 is 14.9 Å². The number of amides is 1. The largest absolute Gasteiger partial charge is 0.490 e. The minimum Gasteiger partial charge on any atom is -0.490 e. The molecule has 0 unspecified atom stereocenters. The molecule has 0 atom stereocenters. The zero-order valence-corrected chi connectivity index (χ0v) is 17.4. The molecule has 1 amide bonds. The van der Waals surface area contributed by atoms with Gasteiger partial charge in [0.05, 0.1) is 19.2 Å². The lowest BCUT2D eigenvalue weighted by atomic mass is 10.1. The van der Waals surface area contributed by atoms with Crippen LogP contribution in [0.1, 0.15) is 23.6 Å². The van der Waals surface area contributed by atoms with Crippen LogP contribution in [0.2, 0.25) is 5.02 Å². The highest BCUT2D eigenvalue weighted by Crippen LogP contribution is 2.28. The van der Waals surface area contributed by atoms with Crippen LogP contribution in [-0.2, 0) is 17.8 Å². The van der Waals surface area contributed by atoms with Gasteiger partial charge in [0.25, 0.3) is 0 Å². The average molecular weight is 423 g/mol. The van der Waals surface area contributed by atoms with E-state index >= 15 is 0 Å². The fourth-order valence-corrected chi connectivity index (χ4v) is 2.86. The summed E-state index contributed by atoms with van der Waals surface area (Å²) in [5.74, 6) is 1.08. The van der Waals surface area contributed by atoms with Gasteiger partial charge in [-0.3, -0.25) is 4.79 Å². The zero-order valence-electron chi connectivity index (χ0n) is 16.7. The van der Waals surface area contributed by atoms with Crippen LogP contribution in [0.15, 0.2) is 77.9 Å². The molecule has 3 rings (SSSR count). The number of benzene rings is 3. The summed E-state index contributed by atoms with van der Waals surface area (Å²) in [4.78, 5) is 12.0. The topological polar surface area (TPSA) is 59.9 Å². The van der Waals surface area contributed by atoms with E-state index in [2.05, 4.69) is 10.5 Å². The van der Waals surface area contributed by atoms with Gasteiger partial charge in [-0.25, -0.2) is 5.43 Å². The van der Waals surface area contributed by atoms with Gasteiger partial charge in [-0.15, -0.1) is 0 Å². The van der Waals surface area contributed by atoms with Crippen molar-refractivity contribution in [3.05, 3.63) is 94.5 Å². The van der Waals surface area contributed by atoms with Crippen LogP contribution in [0.5, 0.6) is 11.5 Å². The van der Waals surface area contributed by atoms with Crippen LogP contribution >= 0.6 is 11.6 Å². The van der Waals surface area contributed by atoms with Gasteiger partial charge in [-0.05, 0) is 53.9 Å². The predicted molar refractivity (Wildman–Crippen MR) is 119 cm³/mol. The number of rotatable bonds is 9. The molecule has 3 aromatic rings. The van der Waals surface area contributed by atoms with E-state index in [4.69, 9.17) is 21.1 Å². The first-order valence-electron chi connectivity index (χ1n) is 9.64. The first-order valence-corrected chi connectivity index (χ1v) is 10.0. The Hall–Kier alpha value is -3.31. The van der Waals surface area contributed by atoms with Crippen molar-refractivity contribution in [2.45, 2.75) is 20.0 Å². The molecule has 1 N–H and O–H groups in total. The van der Waals surface area contributed by atoms with E-state index in [0.717, 1.165) is 16.7 Å². The standard InChI is InChI=1S/C24H23ClN2O3/c1-2-29-23-14-20(10-13-22(23)30-17-19-6-4-3-5-7-19)16-26-27-24(28)15-18-8-11-21(25)12-9-18/h3-14,16H,2,15,17H2,1H3,(H,27,28)/b26-16-. The molecule has 6 heteroatoms. The highest BCUT2D eigenvalue weighted by atomic mass is 35.5. The Morgan fingerprint density at radius 2 is 1.73 bits per heavy atom. The second-order valence-corrected chi connectivity index (χ2v) is 6.95. The van der Waals surface area contributed by atoms with Gasteiger partial charge in [-0.2, -0.15) is 5.10 Å². The lowest BCUT2D eigenvalue weighted by Gasteiger charge is -2.12. The minimum atomic E-state index is -0.207. The van der Waals surface area contributed by atoms with E-state index in [0.29, 0.717) is 29.7 Å². The lowest BCUT2D eigenvalue weighted by Crippen LogP contribution is -2.19. The van der Waals surface area contributed by atoms with Crippen molar-refractivity contribution in [2.75, 3.05) is 6.61 Å². The van der Waals surface area contributed by atoms with Gasteiger partial charge in [0, 0.05) is 5.02 Å². The Labute approximate surface area is 181 Å². The van der Waals surface area contributed by atoms with Gasteiger partial charge in [0.1, 0.15) is 6.61 Å². The number of ether oxygens (including phenoxy) is 2. The molecule has 154 valence electrons. The number of nitrogens with zero attached hydrogens (tertiary/aromatic N) is 1. The van der Waals surface area contributed by atoms with Crippen molar-refractivity contribution < 1.29 is 14.3 Å². The number of carbonyl (C=O) groups excluding carboxylic acids is 1. The summed E-state index contributed by atoms with van der Waals surface area (Å²) in [5.41, 5.74) is 5.27. The Balaban J connectivity index is 1.59. The molecule has 0 bridgehead atoms. The Morgan fingerprint density at radius 3 is 2.47 bits per heavy atom. The fraction of sp³-hybridized carbons (Fsp3) is 0.167. The minimum absolute atomic E-state index is 0.207. The van der Waals surface area contributed by atoms with Gasteiger partial charge in [0.15, 0.2) is 11.5 Å². The molecule has 0 saturated carbocycles. The molecule has 0 heterocycles. The maximum atomic E-state index is 12.0. The fourth-order valence-electron chi connectivity index (χ4n) is 2.73. The van der Waals surface area contributed by atoms with Gasteiger partial charge in [0.2, 0.25) is 5.91 Å². The molecule has 0 radical (unpaired) electrons. The van der Waals surface area contributed by atoms with Gasteiger partial charge in [-0.1, -0.05) is 54.1 Å². The van der Waals surface area contributed by atoms with Crippen molar-refractivity contribution in [1.29, 1.82) is 0 Å². The van der Waals surface area contributed by atoms with Crippen molar-refractivity contribution in [3.63, 3.8) is 0 Å². The van der Waals surface area contributed by atoms with Crippen LogP contribution in [0, 0.1) is 0 Å². The Morgan fingerprint density at radius 1 is 0.967 bits per heavy atom. The van der Waals surface area contributed by atoms with E-state index in [1.807, 2.05) is 67.6 Å². The summed E-state index contributed by atoms with van der Waals surface area (Å²) in [5, 5.41) is 4.67. The average Bonchev–Trinajstić information content (AvgIpc) is 2.76. The second kappa shape index (κ2) is 11.0. The molecular weight excluding hydrogens is 400 g/mol. The lowest BCUT2D eigenvalue weighted by molar-refractivity contribution is -0.120. The van der Waals surface area contributed by atoms with E-state index in [-0.39, 0.29) is 12.3 Å². The number of halogens is 1. The molecule has 0 saturated heterocycles. The Kier molecular flexibility index (Phi) is 7.86. The summed E-state index contributed by atoms with van der Waals surface area (Å²) in [6.07, 6.45) is 1.80. The third kappa shape index (κ3) is 6.64. The first-order chi connectivity index (χ1) is 14.6. The summed E-state index contributed by atoms with van der Waals surface area (Å²) in [6.45, 7) is 2.88. The normalized spacial score (nSPS) is 10.7.